The summed E-state index contributed by atoms with van der Waals surface area (Å²) in [7, 11) is 4.83. The molecule has 0 saturated carbocycles. The number of fused-ring (bicyclic) bond motifs is 2. The minimum atomic E-state index is -0.676. The summed E-state index contributed by atoms with van der Waals surface area (Å²) in [6.07, 6.45) is 0. The van der Waals surface area contributed by atoms with Crippen molar-refractivity contribution in [3.63, 3.8) is 0 Å². The zero-order valence-electron chi connectivity index (χ0n) is 19.0. The number of nitrogens with zero attached hydrogens (tertiary/aromatic N) is 2. The summed E-state index contributed by atoms with van der Waals surface area (Å²) in [5.74, 6) is 0.351. The summed E-state index contributed by atoms with van der Waals surface area (Å²) in [6, 6.07) is 19.7. The average molecular weight is 457 g/mol. The van der Waals surface area contributed by atoms with Gasteiger partial charge in [0, 0.05) is 12.6 Å². The molecule has 0 bridgehead atoms. The molecule has 0 spiro atoms. The van der Waals surface area contributed by atoms with Gasteiger partial charge in [-0.1, -0.05) is 36.4 Å². The smallest absolute Gasteiger partial charge is 0.254 e. The van der Waals surface area contributed by atoms with E-state index in [4.69, 9.17) is 9.47 Å². The standard InChI is InChI=1S/C26H24N4O4/c1-30-23(15-12-13-20(33-2)21(14-15)34-3)22(16-8-4-5-9-17(16)25(30)32)24(31)29-26-27-18-10-6-7-11-19(18)28-26/h4-14,22-23H,1-3H3,(H2,27,28,29,31)/t22-,23+/m0/s1. The Labute approximate surface area is 196 Å². The minimum absolute atomic E-state index is 0.150. The number of hydrogen-bond acceptors (Lipinski definition) is 5. The van der Waals surface area contributed by atoms with E-state index in [0.29, 0.717) is 28.6 Å². The first kappa shape index (κ1) is 21.5. The molecule has 0 fully saturated rings. The maximum atomic E-state index is 13.8. The van der Waals surface area contributed by atoms with E-state index in [1.54, 1.807) is 44.4 Å². The van der Waals surface area contributed by atoms with E-state index in [-0.39, 0.29) is 11.8 Å². The molecule has 8 heteroatoms. The lowest BCUT2D eigenvalue weighted by Crippen LogP contribution is -2.44. The Balaban J connectivity index is 1.60. The van der Waals surface area contributed by atoms with Crippen molar-refractivity contribution in [1.82, 2.24) is 14.9 Å². The van der Waals surface area contributed by atoms with Gasteiger partial charge in [-0.2, -0.15) is 0 Å². The molecule has 172 valence electrons. The zero-order valence-corrected chi connectivity index (χ0v) is 19.0. The minimum Gasteiger partial charge on any atom is -0.493 e. The number of likely N-dealkylation sites (N-methyl/N-ethyl adjacent to an activating group) is 1. The van der Waals surface area contributed by atoms with Crippen LogP contribution in [0.25, 0.3) is 11.0 Å². The lowest BCUT2D eigenvalue weighted by atomic mass is 9.79. The molecule has 0 saturated heterocycles. The molecule has 1 aliphatic rings. The lowest BCUT2D eigenvalue weighted by Gasteiger charge is -2.39. The van der Waals surface area contributed by atoms with Gasteiger partial charge in [-0.15, -0.1) is 0 Å². The van der Waals surface area contributed by atoms with Crippen LogP contribution in [0.5, 0.6) is 11.5 Å². The van der Waals surface area contributed by atoms with Gasteiger partial charge in [0.15, 0.2) is 11.5 Å². The molecule has 5 rings (SSSR count). The van der Waals surface area contributed by atoms with Crippen molar-refractivity contribution in [1.29, 1.82) is 0 Å². The molecule has 0 radical (unpaired) electrons. The van der Waals surface area contributed by atoms with Crippen molar-refractivity contribution >= 4 is 28.8 Å². The van der Waals surface area contributed by atoms with Crippen molar-refractivity contribution in [2.24, 2.45) is 0 Å². The summed E-state index contributed by atoms with van der Waals surface area (Å²) in [5, 5.41) is 2.93. The van der Waals surface area contributed by atoms with Gasteiger partial charge < -0.3 is 19.4 Å². The van der Waals surface area contributed by atoms with E-state index >= 15 is 0 Å². The number of ether oxygens (including phenoxy) is 2. The molecule has 8 nitrogen and oxygen atoms in total. The predicted molar refractivity (Wildman–Crippen MR) is 128 cm³/mol. The van der Waals surface area contributed by atoms with Gasteiger partial charge in [0.1, 0.15) is 0 Å². The van der Waals surface area contributed by atoms with E-state index in [2.05, 4.69) is 15.3 Å². The lowest BCUT2D eigenvalue weighted by molar-refractivity contribution is -0.119. The van der Waals surface area contributed by atoms with Gasteiger partial charge in [0.25, 0.3) is 5.91 Å². The fourth-order valence-corrected chi connectivity index (χ4v) is 4.62. The summed E-state index contributed by atoms with van der Waals surface area (Å²) in [6.45, 7) is 0. The highest BCUT2D eigenvalue weighted by molar-refractivity contribution is 6.04. The number of hydrogen-bond donors (Lipinski definition) is 2. The number of H-pyrrole nitrogens is 1. The Hall–Kier alpha value is -4.33. The third kappa shape index (κ3) is 3.53. The third-order valence-electron chi connectivity index (χ3n) is 6.24. The molecule has 3 aromatic carbocycles. The fourth-order valence-electron chi connectivity index (χ4n) is 4.62. The molecule has 4 aromatic rings. The van der Waals surface area contributed by atoms with Crippen LogP contribution in [0.3, 0.4) is 0 Å². The van der Waals surface area contributed by atoms with Crippen LogP contribution in [0.15, 0.2) is 66.7 Å². The highest BCUT2D eigenvalue weighted by Crippen LogP contribution is 2.44. The molecule has 1 aromatic heterocycles. The van der Waals surface area contributed by atoms with Gasteiger partial charge >= 0.3 is 0 Å². The van der Waals surface area contributed by atoms with Crippen LogP contribution in [-0.2, 0) is 4.79 Å². The number of aromatic amines is 1. The van der Waals surface area contributed by atoms with Gasteiger partial charge in [-0.3, -0.25) is 14.9 Å². The molecule has 2 N–H and O–H groups in total. The van der Waals surface area contributed by atoms with Crippen LogP contribution in [0.4, 0.5) is 5.95 Å². The topological polar surface area (TPSA) is 96.5 Å². The largest absolute Gasteiger partial charge is 0.493 e. The first-order chi connectivity index (χ1) is 16.5. The molecule has 34 heavy (non-hydrogen) atoms. The normalized spacial score (nSPS) is 17.4. The van der Waals surface area contributed by atoms with E-state index < -0.39 is 12.0 Å². The number of rotatable bonds is 5. The molecular formula is C26H24N4O4. The Bertz CT molecular complexity index is 1360. The number of nitrogens with one attached hydrogen (secondary N) is 2. The van der Waals surface area contributed by atoms with Crippen molar-refractivity contribution in [3.8, 4) is 11.5 Å². The Kier molecular flexibility index (Phi) is 5.41. The summed E-state index contributed by atoms with van der Waals surface area (Å²) in [5.41, 5.74) is 3.51. The molecular weight excluding hydrogens is 432 g/mol. The van der Waals surface area contributed by atoms with Gasteiger partial charge in [-0.05, 0) is 41.5 Å². The fraction of sp³-hybridized carbons (Fsp3) is 0.192. The average Bonchev–Trinajstić information content (AvgIpc) is 3.27. The summed E-state index contributed by atoms with van der Waals surface area (Å²) >= 11 is 0. The van der Waals surface area contributed by atoms with Crippen molar-refractivity contribution < 1.29 is 19.1 Å². The van der Waals surface area contributed by atoms with Crippen molar-refractivity contribution in [2.45, 2.75) is 12.0 Å². The SMILES string of the molecule is COc1ccc([C@@H]2[C@@H](C(=O)Nc3nc4ccccc4[nH]3)c3ccccc3C(=O)N2C)cc1OC. The number of aromatic nitrogens is 2. The van der Waals surface area contributed by atoms with E-state index in [0.717, 1.165) is 16.6 Å². The van der Waals surface area contributed by atoms with Crippen molar-refractivity contribution in [2.75, 3.05) is 26.6 Å². The predicted octanol–water partition coefficient (Wildman–Crippen LogP) is 4.13. The van der Waals surface area contributed by atoms with E-state index in [9.17, 15) is 9.59 Å². The Morgan fingerprint density at radius 3 is 2.50 bits per heavy atom. The number of methoxy groups -OCH3 is 2. The number of para-hydroxylation sites is 2. The monoisotopic (exact) mass is 456 g/mol. The number of anilines is 1. The molecule has 0 aliphatic carbocycles. The van der Waals surface area contributed by atoms with Gasteiger partial charge in [0.2, 0.25) is 11.9 Å². The van der Waals surface area contributed by atoms with Crippen LogP contribution in [0.1, 0.15) is 33.4 Å². The van der Waals surface area contributed by atoms with Crippen LogP contribution < -0.4 is 14.8 Å². The third-order valence-corrected chi connectivity index (χ3v) is 6.24. The number of imidazole rings is 1. The highest BCUT2D eigenvalue weighted by Gasteiger charge is 2.43. The molecule has 2 heterocycles. The second-order valence-electron chi connectivity index (χ2n) is 8.13. The van der Waals surface area contributed by atoms with Crippen molar-refractivity contribution in [3.05, 3.63) is 83.4 Å². The number of carbonyl (C=O) groups excluding carboxylic acids is 2. The maximum Gasteiger partial charge on any atom is 0.254 e. The second-order valence-corrected chi connectivity index (χ2v) is 8.13. The van der Waals surface area contributed by atoms with E-state index in [1.165, 1.54) is 0 Å². The van der Waals surface area contributed by atoms with Crippen LogP contribution >= 0.6 is 0 Å². The summed E-state index contributed by atoms with van der Waals surface area (Å²) < 4.78 is 10.8. The highest BCUT2D eigenvalue weighted by atomic mass is 16.5. The molecule has 0 unspecified atom stereocenters. The number of benzene rings is 3. The number of carbonyl (C=O) groups is 2. The zero-order chi connectivity index (χ0) is 23.8. The van der Waals surface area contributed by atoms with Crippen LogP contribution in [0.2, 0.25) is 0 Å². The van der Waals surface area contributed by atoms with Gasteiger partial charge in [0.05, 0.1) is 37.2 Å². The van der Waals surface area contributed by atoms with E-state index in [1.807, 2.05) is 48.5 Å². The molecule has 2 atom stereocenters. The molecule has 2 amide bonds. The first-order valence-electron chi connectivity index (χ1n) is 10.9. The molecule has 1 aliphatic heterocycles. The quantitative estimate of drug-likeness (QED) is 0.471. The second kappa shape index (κ2) is 8.55. The van der Waals surface area contributed by atoms with Crippen LogP contribution in [-0.4, -0.2) is 47.9 Å². The maximum absolute atomic E-state index is 13.8. The first-order valence-corrected chi connectivity index (χ1v) is 10.9. The van der Waals surface area contributed by atoms with Gasteiger partial charge in [-0.25, -0.2) is 4.98 Å². The Morgan fingerprint density at radius 1 is 1.00 bits per heavy atom. The number of amides is 2. The Morgan fingerprint density at radius 2 is 1.74 bits per heavy atom. The van der Waals surface area contributed by atoms with Crippen LogP contribution in [0, 0.1) is 0 Å². The summed E-state index contributed by atoms with van der Waals surface area (Å²) in [4.78, 5) is 36.2.